The van der Waals surface area contributed by atoms with Gasteiger partial charge in [-0.3, -0.25) is 4.79 Å². The number of Topliss-reactive ketones (excluding diaryl/α,β-unsaturated/α-hetero) is 1. The highest BCUT2D eigenvalue weighted by Gasteiger charge is 2.75. The summed E-state index contributed by atoms with van der Waals surface area (Å²) in [5, 5.41) is 0. The van der Waals surface area contributed by atoms with Crippen molar-refractivity contribution in [3.05, 3.63) is 11.6 Å². The van der Waals surface area contributed by atoms with Gasteiger partial charge in [0.15, 0.2) is 0 Å². The molecular weight excluding hydrogens is 364 g/mol. The summed E-state index contributed by atoms with van der Waals surface area (Å²) in [6, 6.07) is 0. The second-order valence-electron chi connectivity index (χ2n) is 13.5. The summed E-state index contributed by atoms with van der Waals surface area (Å²) < 4.78 is 0. The highest BCUT2D eigenvalue weighted by atomic mass is 16.1. The van der Waals surface area contributed by atoms with E-state index in [1.165, 1.54) is 57.8 Å². The maximum Gasteiger partial charge on any atom is 0.133 e. The first-order valence-corrected chi connectivity index (χ1v) is 13.3. The molecule has 1 heteroatoms. The molecule has 0 radical (unpaired) electrons. The van der Waals surface area contributed by atoms with Crippen LogP contribution in [-0.4, -0.2) is 5.78 Å². The summed E-state index contributed by atoms with van der Waals surface area (Å²) in [6.45, 7) is 15.2. The van der Waals surface area contributed by atoms with E-state index in [0.717, 1.165) is 42.4 Å². The Bertz CT molecular complexity index is 762. The van der Waals surface area contributed by atoms with E-state index in [0.29, 0.717) is 27.4 Å². The molecule has 0 aromatic heterocycles. The van der Waals surface area contributed by atoms with Crippen molar-refractivity contribution in [3.63, 3.8) is 0 Å². The first-order valence-electron chi connectivity index (χ1n) is 13.3. The molecule has 168 valence electrons. The van der Waals surface area contributed by atoms with E-state index in [2.05, 4.69) is 47.6 Å². The van der Waals surface area contributed by atoms with E-state index >= 15 is 0 Å². The molecule has 0 N–H and O–H groups in total. The van der Waals surface area contributed by atoms with Gasteiger partial charge in [-0.05, 0) is 96.2 Å². The van der Waals surface area contributed by atoms with Crippen LogP contribution in [0.25, 0.3) is 0 Å². The monoisotopic (exact) mass is 410 g/mol. The molecule has 0 aliphatic heterocycles. The lowest BCUT2D eigenvalue weighted by molar-refractivity contribution is -0.123. The van der Waals surface area contributed by atoms with Gasteiger partial charge in [-0.2, -0.15) is 0 Å². The summed E-state index contributed by atoms with van der Waals surface area (Å²) in [5.41, 5.74) is 3.64. The van der Waals surface area contributed by atoms with Gasteiger partial charge in [-0.25, -0.2) is 0 Å². The van der Waals surface area contributed by atoms with Gasteiger partial charge in [0.05, 0.1) is 0 Å². The molecule has 30 heavy (non-hydrogen) atoms. The molecule has 0 spiro atoms. The van der Waals surface area contributed by atoms with Crippen molar-refractivity contribution < 1.29 is 4.79 Å². The minimum Gasteiger partial charge on any atom is -0.300 e. The van der Waals surface area contributed by atoms with Crippen LogP contribution in [0.5, 0.6) is 0 Å². The summed E-state index contributed by atoms with van der Waals surface area (Å²) in [4.78, 5) is 12.3. The third-order valence-electron chi connectivity index (χ3n) is 12.3. The quantitative estimate of drug-likeness (QED) is 0.420. The van der Waals surface area contributed by atoms with Crippen molar-refractivity contribution >= 4 is 5.78 Å². The Balaban J connectivity index is 1.39. The predicted molar refractivity (Wildman–Crippen MR) is 125 cm³/mol. The third-order valence-corrected chi connectivity index (χ3v) is 12.3. The Morgan fingerprint density at radius 3 is 2.50 bits per heavy atom. The van der Waals surface area contributed by atoms with Gasteiger partial charge in [-0.1, -0.05) is 66.0 Å². The van der Waals surface area contributed by atoms with Crippen molar-refractivity contribution in [1.29, 1.82) is 0 Å². The standard InChI is InChI=1S/C29H46O/c1-19(2)20(3)7-8-21(4)23-10-13-27(6)24-12-15-28-17-22(30)9-16-29(28,18-28)25(24)11-14-26(23,27)5/h11,19-21,23-24H,7-10,12-18H2,1-6H3/t20-,21+,23+,24+,26+,27-,28+,29-/m0/s1. The molecule has 5 rings (SSSR count). The normalized spacial score (nSPS) is 48.9. The number of hydrogen-bond donors (Lipinski definition) is 0. The zero-order valence-electron chi connectivity index (χ0n) is 20.7. The fourth-order valence-corrected chi connectivity index (χ4v) is 9.55. The number of rotatable bonds is 5. The van der Waals surface area contributed by atoms with Gasteiger partial charge in [0.25, 0.3) is 0 Å². The molecular formula is C29H46O. The van der Waals surface area contributed by atoms with Crippen molar-refractivity contribution in [2.24, 2.45) is 51.2 Å². The van der Waals surface area contributed by atoms with Gasteiger partial charge in [0, 0.05) is 12.8 Å². The van der Waals surface area contributed by atoms with Gasteiger partial charge in [0.2, 0.25) is 0 Å². The molecule has 1 nitrogen and oxygen atoms in total. The molecule has 4 saturated carbocycles. The number of fused-ring (bicyclic) bond motifs is 3. The van der Waals surface area contributed by atoms with Gasteiger partial charge in [0.1, 0.15) is 5.78 Å². The average Bonchev–Trinajstić information content (AvgIpc) is 3.30. The number of ketones is 1. The SMILES string of the molecule is CC(C)[C@@H](C)CC[C@@H](C)[C@H]1CC[C@@]2(C)[C@@H]3CC[C@]45CC(=O)CC[C@]4(C5)C3=CC[C@]12C. The van der Waals surface area contributed by atoms with Crippen LogP contribution < -0.4 is 0 Å². The molecule has 0 bridgehead atoms. The molecule has 0 aromatic rings. The third kappa shape index (κ3) is 2.62. The van der Waals surface area contributed by atoms with E-state index in [-0.39, 0.29) is 0 Å². The molecule has 0 amide bonds. The minimum atomic E-state index is 0.396. The molecule has 0 unspecified atom stereocenters. The Morgan fingerprint density at radius 2 is 1.77 bits per heavy atom. The minimum absolute atomic E-state index is 0.396. The highest BCUT2D eigenvalue weighted by molar-refractivity contribution is 5.82. The Kier molecular flexibility index (Phi) is 4.75. The first kappa shape index (κ1) is 21.3. The fourth-order valence-electron chi connectivity index (χ4n) is 9.55. The number of carbonyl (C=O) groups is 1. The highest BCUT2D eigenvalue weighted by Crippen LogP contribution is 2.83. The predicted octanol–water partition coefficient (Wildman–Crippen LogP) is 7.99. The fraction of sp³-hybridized carbons (Fsp3) is 0.897. The maximum atomic E-state index is 12.3. The summed E-state index contributed by atoms with van der Waals surface area (Å²) in [7, 11) is 0. The van der Waals surface area contributed by atoms with E-state index in [4.69, 9.17) is 0 Å². The van der Waals surface area contributed by atoms with Crippen LogP contribution in [0.4, 0.5) is 0 Å². The second kappa shape index (κ2) is 6.71. The molecule has 0 aromatic carbocycles. The van der Waals surface area contributed by atoms with E-state index in [9.17, 15) is 4.79 Å². The van der Waals surface area contributed by atoms with Crippen molar-refractivity contribution in [2.45, 2.75) is 112 Å². The molecule has 4 fully saturated rings. The van der Waals surface area contributed by atoms with Crippen molar-refractivity contribution in [1.82, 2.24) is 0 Å². The summed E-state index contributed by atoms with van der Waals surface area (Å²) in [5.74, 6) is 4.74. The zero-order valence-corrected chi connectivity index (χ0v) is 20.7. The largest absolute Gasteiger partial charge is 0.300 e. The van der Waals surface area contributed by atoms with E-state index in [1.807, 2.05) is 5.57 Å². The molecule has 5 aliphatic carbocycles. The van der Waals surface area contributed by atoms with Crippen LogP contribution in [-0.2, 0) is 4.79 Å². The average molecular weight is 411 g/mol. The Hall–Kier alpha value is -0.590. The van der Waals surface area contributed by atoms with E-state index < -0.39 is 0 Å². The number of carbonyl (C=O) groups excluding carboxylic acids is 1. The van der Waals surface area contributed by atoms with Gasteiger partial charge in [-0.15, -0.1) is 0 Å². The smallest absolute Gasteiger partial charge is 0.133 e. The molecule has 5 aliphatic rings. The maximum absolute atomic E-state index is 12.3. The number of hydrogen-bond acceptors (Lipinski definition) is 1. The van der Waals surface area contributed by atoms with Crippen LogP contribution >= 0.6 is 0 Å². The van der Waals surface area contributed by atoms with Crippen LogP contribution in [0, 0.1) is 51.2 Å². The van der Waals surface area contributed by atoms with Crippen molar-refractivity contribution in [2.75, 3.05) is 0 Å². The van der Waals surface area contributed by atoms with Crippen LogP contribution in [0.15, 0.2) is 11.6 Å². The molecule has 0 saturated heterocycles. The van der Waals surface area contributed by atoms with Gasteiger partial charge >= 0.3 is 0 Å². The zero-order chi connectivity index (χ0) is 21.5. The Labute approximate surface area is 185 Å². The summed E-state index contributed by atoms with van der Waals surface area (Å²) >= 11 is 0. The first-order chi connectivity index (χ1) is 14.1. The lowest BCUT2D eigenvalue weighted by Crippen LogP contribution is -2.50. The van der Waals surface area contributed by atoms with Crippen LogP contribution in [0.3, 0.4) is 0 Å². The second-order valence-corrected chi connectivity index (χ2v) is 13.5. The molecule has 0 heterocycles. The lowest BCUT2D eigenvalue weighted by atomic mass is 9.47. The van der Waals surface area contributed by atoms with Gasteiger partial charge < -0.3 is 0 Å². The lowest BCUT2D eigenvalue weighted by Gasteiger charge is -2.57. The summed E-state index contributed by atoms with van der Waals surface area (Å²) in [6.07, 6.45) is 16.7. The topological polar surface area (TPSA) is 17.1 Å². The van der Waals surface area contributed by atoms with Crippen molar-refractivity contribution in [3.8, 4) is 0 Å². The Morgan fingerprint density at radius 1 is 1.00 bits per heavy atom. The van der Waals surface area contributed by atoms with Crippen LogP contribution in [0.1, 0.15) is 112 Å². The molecule has 8 atom stereocenters. The number of allylic oxidation sites excluding steroid dienone is 2. The van der Waals surface area contributed by atoms with E-state index in [1.54, 1.807) is 0 Å². The van der Waals surface area contributed by atoms with Crippen LogP contribution in [0.2, 0.25) is 0 Å².